The van der Waals surface area contributed by atoms with Gasteiger partial charge in [0.15, 0.2) is 0 Å². The topological polar surface area (TPSA) is 70.4 Å². The van der Waals surface area contributed by atoms with Crippen molar-refractivity contribution in [3.63, 3.8) is 0 Å². The predicted molar refractivity (Wildman–Crippen MR) is 95.6 cm³/mol. The largest absolute Gasteiger partial charge is 0.388 e. The van der Waals surface area contributed by atoms with Gasteiger partial charge in [0.1, 0.15) is 0 Å². The van der Waals surface area contributed by atoms with E-state index in [9.17, 15) is 9.90 Å². The normalized spacial score (nSPS) is 21.2. The number of carbonyl (C=O) groups excluding carboxylic acids is 1. The van der Waals surface area contributed by atoms with Crippen molar-refractivity contribution in [2.75, 3.05) is 13.1 Å². The molecule has 1 saturated heterocycles. The summed E-state index contributed by atoms with van der Waals surface area (Å²) in [7, 11) is 1.89. The first-order chi connectivity index (χ1) is 12.0. The molecule has 0 bridgehead atoms. The lowest BCUT2D eigenvalue weighted by molar-refractivity contribution is -0.129. The molecule has 1 fully saturated rings. The zero-order chi connectivity index (χ0) is 17.7. The van der Waals surface area contributed by atoms with Gasteiger partial charge in [-0.15, -0.1) is 0 Å². The van der Waals surface area contributed by atoms with Crippen LogP contribution in [-0.2, 0) is 24.9 Å². The average molecular weight is 342 g/mol. The van der Waals surface area contributed by atoms with Crippen molar-refractivity contribution in [3.05, 3.63) is 54.1 Å². The number of rotatable bonds is 6. The molecule has 1 aromatic heterocycles. The maximum atomic E-state index is 12.3. The van der Waals surface area contributed by atoms with E-state index in [0.717, 1.165) is 25.2 Å². The second-order valence-corrected chi connectivity index (χ2v) is 6.97. The van der Waals surface area contributed by atoms with E-state index < -0.39 is 5.60 Å². The lowest BCUT2D eigenvalue weighted by Gasteiger charge is -2.39. The number of aromatic nitrogens is 2. The molecule has 2 aromatic rings. The highest BCUT2D eigenvalue weighted by Gasteiger charge is 2.35. The van der Waals surface area contributed by atoms with E-state index in [1.807, 2.05) is 29.8 Å². The molecular formula is C19H26N4O2. The summed E-state index contributed by atoms with van der Waals surface area (Å²) in [5, 5.41) is 13.8. The van der Waals surface area contributed by atoms with Gasteiger partial charge >= 0.3 is 0 Å². The highest BCUT2D eigenvalue weighted by Crippen LogP contribution is 2.25. The third-order valence-corrected chi connectivity index (χ3v) is 4.76. The number of hydrogen-bond acceptors (Lipinski definition) is 4. The Bertz CT molecular complexity index is 700. The number of amides is 1. The Morgan fingerprint density at radius 3 is 2.88 bits per heavy atom. The minimum Gasteiger partial charge on any atom is -0.388 e. The Kier molecular flexibility index (Phi) is 5.50. The standard InChI is InChI=1S/C19H26N4O2/c1-22-15-20-11-17(22)12-21-18(24)10-19(25)8-5-9-23(14-19)13-16-6-3-2-4-7-16/h2-4,6-7,11,15,25H,5,8-10,12-14H2,1H3,(H,21,24). The minimum absolute atomic E-state index is 0.120. The molecule has 1 unspecified atom stereocenters. The van der Waals surface area contributed by atoms with E-state index in [0.29, 0.717) is 19.5 Å². The van der Waals surface area contributed by atoms with Gasteiger partial charge in [-0.1, -0.05) is 30.3 Å². The van der Waals surface area contributed by atoms with Crippen molar-refractivity contribution in [1.82, 2.24) is 19.8 Å². The monoisotopic (exact) mass is 342 g/mol. The quantitative estimate of drug-likeness (QED) is 0.834. The van der Waals surface area contributed by atoms with Crippen LogP contribution in [-0.4, -0.2) is 44.2 Å². The molecule has 1 atom stereocenters. The SMILES string of the molecule is Cn1cncc1CNC(=O)CC1(O)CCCN(Cc2ccccc2)C1. The van der Waals surface area contributed by atoms with Gasteiger partial charge in [0.05, 0.1) is 30.6 Å². The minimum atomic E-state index is -0.955. The van der Waals surface area contributed by atoms with Gasteiger partial charge in [-0.2, -0.15) is 0 Å². The summed E-state index contributed by atoms with van der Waals surface area (Å²) in [4.78, 5) is 18.5. The van der Waals surface area contributed by atoms with E-state index in [1.165, 1.54) is 5.56 Å². The van der Waals surface area contributed by atoms with Gasteiger partial charge in [0.2, 0.25) is 5.91 Å². The fourth-order valence-corrected chi connectivity index (χ4v) is 3.43. The Morgan fingerprint density at radius 2 is 2.16 bits per heavy atom. The van der Waals surface area contributed by atoms with Gasteiger partial charge in [-0.3, -0.25) is 9.69 Å². The van der Waals surface area contributed by atoms with Crippen LogP contribution in [0.2, 0.25) is 0 Å². The van der Waals surface area contributed by atoms with Crippen molar-refractivity contribution in [3.8, 4) is 0 Å². The molecule has 134 valence electrons. The van der Waals surface area contributed by atoms with Crippen LogP contribution in [0.25, 0.3) is 0 Å². The lowest BCUT2D eigenvalue weighted by atomic mass is 9.89. The Balaban J connectivity index is 1.51. The number of imidazole rings is 1. The highest BCUT2D eigenvalue weighted by molar-refractivity contribution is 5.77. The van der Waals surface area contributed by atoms with Crippen molar-refractivity contribution in [1.29, 1.82) is 0 Å². The van der Waals surface area contributed by atoms with E-state index in [1.54, 1.807) is 12.5 Å². The molecule has 1 amide bonds. The van der Waals surface area contributed by atoms with Crippen molar-refractivity contribution in [2.24, 2.45) is 7.05 Å². The molecule has 1 aromatic carbocycles. The number of nitrogens with one attached hydrogen (secondary N) is 1. The molecule has 0 saturated carbocycles. The molecule has 2 N–H and O–H groups in total. The molecule has 0 aliphatic carbocycles. The van der Waals surface area contributed by atoms with Crippen molar-refractivity contribution >= 4 is 5.91 Å². The molecular weight excluding hydrogens is 316 g/mol. The van der Waals surface area contributed by atoms with Gasteiger partial charge in [-0.25, -0.2) is 4.98 Å². The van der Waals surface area contributed by atoms with Crippen LogP contribution >= 0.6 is 0 Å². The molecule has 3 rings (SSSR count). The molecule has 0 spiro atoms. The number of aryl methyl sites for hydroxylation is 1. The van der Waals surface area contributed by atoms with Crippen LogP contribution in [0, 0.1) is 0 Å². The second kappa shape index (κ2) is 7.80. The molecule has 6 nitrogen and oxygen atoms in total. The maximum absolute atomic E-state index is 12.3. The smallest absolute Gasteiger partial charge is 0.223 e. The lowest BCUT2D eigenvalue weighted by Crippen LogP contribution is -2.50. The van der Waals surface area contributed by atoms with Crippen LogP contribution < -0.4 is 5.32 Å². The number of hydrogen-bond donors (Lipinski definition) is 2. The third-order valence-electron chi connectivity index (χ3n) is 4.76. The number of piperidine rings is 1. The molecule has 6 heteroatoms. The molecule has 25 heavy (non-hydrogen) atoms. The summed E-state index contributed by atoms with van der Waals surface area (Å²) >= 11 is 0. The van der Waals surface area contributed by atoms with Crippen LogP contribution in [0.1, 0.15) is 30.5 Å². The van der Waals surface area contributed by atoms with E-state index in [4.69, 9.17) is 0 Å². The van der Waals surface area contributed by atoms with Gasteiger partial charge in [-0.05, 0) is 24.9 Å². The summed E-state index contributed by atoms with van der Waals surface area (Å²) in [6.45, 7) is 2.72. The van der Waals surface area contributed by atoms with E-state index in [2.05, 4.69) is 27.3 Å². The summed E-state index contributed by atoms with van der Waals surface area (Å²) < 4.78 is 1.87. The van der Waals surface area contributed by atoms with Crippen molar-refractivity contribution in [2.45, 2.75) is 38.0 Å². The zero-order valence-corrected chi connectivity index (χ0v) is 14.7. The van der Waals surface area contributed by atoms with Gasteiger partial charge in [0, 0.05) is 26.3 Å². The summed E-state index contributed by atoms with van der Waals surface area (Å²) in [5.41, 5.74) is 1.21. The van der Waals surface area contributed by atoms with Crippen LogP contribution in [0.15, 0.2) is 42.9 Å². The molecule has 2 heterocycles. The average Bonchev–Trinajstić information content (AvgIpc) is 2.99. The first-order valence-electron chi connectivity index (χ1n) is 8.75. The van der Waals surface area contributed by atoms with Gasteiger partial charge < -0.3 is 15.0 Å². The number of aliphatic hydroxyl groups is 1. The number of benzene rings is 1. The van der Waals surface area contributed by atoms with Crippen LogP contribution in [0.3, 0.4) is 0 Å². The number of β-amino-alcohol motifs (C(OH)–C–C–N with tert-alkyl or cyclic N) is 1. The zero-order valence-electron chi connectivity index (χ0n) is 14.7. The highest BCUT2D eigenvalue weighted by atomic mass is 16.3. The maximum Gasteiger partial charge on any atom is 0.223 e. The van der Waals surface area contributed by atoms with Crippen LogP contribution in [0.4, 0.5) is 0 Å². The van der Waals surface area contributed by atoms with E-state index in [-0.39, 0.29) is 12.3 Å². The fourth-order valence-electron chi connectivity index (χ4n) is 3.43. The summed E-state index contributed by atoms with van der Waals surface area (Å²) in [6, 6.07) is 10.2. The second-order valence-electron chi connectivity index (χ2n) is 6.97. The molecule has 1 aliphatic heterocycles. The Morgan fingerprint density at radius 1 is 1.36 bits per heavy atom. The number of carbonyl (C=O) groups is 1. The van der Waals surface area contributed by atoms with E-state index >= 15 is 0 Å². The first-order valence-corrected chi connectivity index (χ1v) is 8.75. The summed E-state index contributed by atoms with van der Waals surface area (Å²) in [5.74, 6) is -0.120. The predicted octanol–water partition coefficient (Wildman–Crippen LogP) is 1.45. The fraction of sp³-hybridized carbons (Fsp3) is 0.474. The third kappa shape index (κ3) is 4.90. The Hall–Kier alpha value is -2.18. The molecule has 0 radical (unpaired) electrons. The van der Waals surface area contributed by atoms with Crippen molar-refractivity contribution < 1.29 is 9.90 Å². The first kappa shape index (κ1) is 17.6. The number of likely N-dealkylation sites (tertiary alicyclic amines) is 1. The van der Waals surface area contributed by atoms with Crippen LogP contribution in [0.5, 0.6) is 0 Å². The molecule has 1 aliphatic rings. The number of nitrogens with zero attached hydrogens (tertiary/aromatic N) is 3. The Labute approximate surface area is 148 Å². The summed E-state index contributed by atoms with van der Waals surface area (Å²) in [6.07, 6.45) is 5.14. The van der Waals surface area contributed by atoms with Gasteiger partial charge in [0.25, 0.3) is 0 Å².